The summed E-state index contributed by atoms with van der Waals surface area (Å²) in [6, 6.07) is 9.52. The van der Waals surface area contributed by atoms with Crippen LogP contribution < -0.4 is 15.5 Å². The number of nitrogens with one attached hydrogen (secondary N) is 2. The van der Waals surface area contributed by atoms with Crippen molar-refractivity contribution in [2.24, 2.45) is 0 Å². The van der Waals surface area contributed by atoms with E-state index in [0.29, 0.717) is 34.2 Å². The summed E-state index contributed by atoms with van der Waals surface area (Å²) in [6.07, 6.45) is 2.53. The summed E-state index contributed by atoms with van der Waals surface area (Å²) < 4.78 is 28.0. The predicted octanol–water partition coefficient (Wildman–Crippen LogP) is 3.51. The first-order valence-corrected chi connectivity index (χ1v) is 9.21. The molecule has 7 heteroatoms. The van der Waals surface area contributed by atoms with Crippen LogP contribution in [0.3, 0.4) is 0 Å². The monoisotopic (exact) mass is 384 g/mol. The van der Waals surface area contributed by atoms with Crippen molar-refractivity contribution in [3.8, 4) is 0 Å². The molecule has 0 spiro atoms. The van der Waals surface area contributed by atoms with Gasteiger partial charge >= 0.3 is 0 Å². The second-order valence-electron chi connectivity index (χ2n) is 7.36. The second-order valence-corrected chi connectivity index (χ2v) is 7.36. The van der Waals surface area contributed by atoms with Crippen LogP contribution in [0.1, 0.15) is 12.0 Å². The molecule has 0 aromatic heterocycles. The molecule has 0 aliphatic carbocycles. The maximum absolute atomic E-state index is 14.7. The number of hydrogen-bond acceptors (Lipinski definition) is 4. The number of carbonyl (C=O) groups excluding carboxylic acids is 1. The van der Waals surface area contributed by atoms with E-state index in [2.05, 4.69) is 20.4 Å². The molecule has 0 radical (unpaired) electrons. The van der Waals surface area contributed by atoms with Gasteiger partial charge in [-0.15, -0.1) is 0 Å². The zero-order chi connectivity index (χ0) is 19.8. The third-order valence-electron chi connectivity index (χ3n) is 5.33. The number of hydrogen-bond donors (Lipinski definition) is 2. The van der Waals surface area contributed by atoms with Gasteiger partial charge in [-0.05, 0) is 56.9 Å². The number of likely N-dealkylation sites (N-methyl/N-ethyl adjacent to an activating group) is 1. The van der Waals surface area contributed by atoms with E-state index in [1.165, 1.54) is 24.4 Å². The van der Waals surface area contributed by atoms with Gasteiger partial charge in [0.25, 0.3) is 5.91 Å². The second kappa shape index (κ2) is 7.24. The number of halogens is 2. The maximum atomic E-state index is 14.7. The Morgan fingerprint density at radius 2 is 2.04 bits per heavy atom. The molecule has 1 saturated heterocycles. The summed E-state index contributed by atoms with van der Waals surface area (Å²) in [7, 11) is 4.08. The summed E-state index contributed by atoms with van der Waals surface area (Å²) in [5.74, 6) is -1.04. The zero-order valence-corrected chi connectivity index (χ0v) is 15.8. The molecule has 1 fully saturated rings. The minimum absolute atomic E-state index is 0.304. The molecule has 2 aromatic rings. The van der Waals surface area contributed by atoms with Crippen molar-refractivity contribution >= 4 is 28.5 Å². The van der Waals surface area contributed by atoms with Crippen LogP contribution in [-0.4, -0.2) is 44.0 Å². The number of anilines is 3. The number of amides is 1. The molecule has 5 nitrogen and oxygen atoms in total. The molecule has 0 bridgehead atoms. The first-order valence-electron chi connectivity index (χ1n) is 9.21. The lowest BCUT2D eigenvalue weighted by Gasteiger charge is -2.22. The SMILES string of the molecule is CN(C)C1CCN(c2ccc(NC=C3C(=O)Nc4cc(F)ccc43)cc2F)C1. The number of benzene rings is 2. The summed E-state index contributed by atoms with van der Waals surface area (Å²) >= 11 is 0. The van der Waals surface area contributed by atoms with E-state index < -0.39 is 5.82 Å². The largest absolute Gasteiger partial charge is 0.368 e. The molecular weight excluding hydrogens is 362 g/mol. The van der Waals surface area contributed by atoms with Crippen LogP contribution in [0.15, 0.2) is 42.6 Å². The average molecular weight is 384 g/mol. The summed E-state index contributed by atoms with van der Waals surface area (Å²) in [5.41, 5.74) is 2.56. The van der Waals surface area contributed by atoms with E-state index in [9.17, 15) is 13.6 Å². The van der Waals surface area contributed by atoms with E-state index in [0.717, 1.165) is 19.5 Å². The van der Waals surface area contributed by atoms with Gasteiger partial charge in [0.05, 0.1) is 16.9 Å². The van der Waals surface area contributed by atoms with E-state index in [4.69, 9.17) is 0 Å². The Hall–Kier alpha value is -2.93. The van der Waals surface area contributed by atoms with Gasteiger partial charge in [0, 0.05) is 36.6 Å². The van der Waals surface area contributed by atoms with Crippen molar-refractivity contribution in [3.05, 3.63) is 59.8 Å². The summed E-state index contributed by atoms with van der Waals surface area (Å²) in [6.45, 7) is 1.62. The third kappa shape index (κ3) is 3.45. The minimum Gasteiger partial charge on any atom is -0.368 e. The lowest BCUT2D eigenvalue weighted by atomic mass is 10.1. The summed E-state index contributed by atoms with van der Waals surface area (Å²) in [4.78, 5) is 16.3. The Balaban J connectivity index is 1.50. The van der Waals surface area contributed by atoms with Gasteiger partial charge < -0.3 is 20.4 Å². The van der Waals surface area contributed by atoms with Crippen LogP contribution in [0.2, 0.25) is 0 Å². The number of carbonyl (C=O) groups is 1. The minimum atomic E-state index is -0.413. The van der Waals surface area contributed by atoms with E-state index >= 15 is 0 Å². The van der Waals surface area contributed by atoms with Crippen LogP contribution in [0.4, 0.5) is 25.8 Å². The van der Waals surface area contributed by atoms with Gasteiger partial charge in [0.15, 0.2) is 0 Å². The van der Waals surface area contributed by atoms with Crippen LogP contribution in [-0.2, 0) is 4.79 Å². The Morgan fingerprint density at radius 1 is 1.21 bits per heavy atom. The Bertz CT molecular complexity index is 957. The fourth-order valence-corrected chi connectivity index (χ4v) is 3.70. The number of rotatable bonds is 4. The van der Waals surface area contributed by atoms with Crippen LogP contribution in [0.25, 0.3) is 5.57 Å². The molecule has 28 heavy (non-hydrogen) atoms. The molecule has 0 saturated carbocycles. The zero-order valence-electron chi connectivity index (χ0n) is 15.8. The molecule has 1 atom stereocenters. The fourth-order valence-electron chi connectivity index (χ4n) is 3.70. The van der Waals surface area contributed by atoms with Crippen LogP contribution in [0, 0.1) is 11.6 Å². The first-order chi connectivity index (χ1) is 13.4. The molecule has 146 valence electrons. The fraction of sp³-hybridized carbons (Fsp3) is 0.286. The number of nitrogens with zero attached hydrogens (tertiary/aromatic N) is 2. The molecule has 1 unspecified atom stereocenters. The van der Waals surface area contributed by atoms with Crippen molar-refractivity contribution in [1.82, 2.24) is 4.90 Å². The van der Waals surface area contributed by atoms with Gasteiger partial charge in [-0.1, -0.05) is 0 Å². The molecule has 4 rings (SSSR count). The van der Waals surface area contributed by atoms with Gasteiger partial charge in [-0.2, -0.15) is 0 Å². The molecule has 2 N–H and O–H groups in total. The molecular formula is C21H22F2N4O. The van der Waals surface area contributed by atoms with Crippen LogP contribution in [0.5, 0.6) is 0 Å². The normalized spacial score (nSPS) is 20.0. The molecule has 2 heterocycles. The van der Waals surface area contributed by atoms with Gasteiger partial charge in [0.2, 0.25) is 0 Å². The van der Waals surface area contributed by atoms with Crippen molar-refractivity contribution in [3.63, 3.8) is 0 Å². The van der Waals surface area contributed by atoms with Crippen molar-refractivity contribution in [1.29, 1.82) is 0 Å². The smallest absolute Gasteiger partial charge is 0.257 e. The van der Waals surface area contributed by atoms with Gasteiger partial charge in [-0.25, -0.2) is 8.78 Å². The highest BCUT2D eigenvalue weighted by molar-refractivity contribution is 6.31. The highest BCUT2D eigenvalue weighted by atomic mass is 19.1. The lowest BCUT2D eigenvalue weighted by Crippen LogP contribution is -2.31. The Labute approximate surface area is 162 Å². The maximum Gasteiger partial charge on any atom is 0.257 e. The quantitative estimate of drug-likeness (QED) is 0.792. The topological polar surface area (TPSA) is 47.6 Å². The average Bonchev–Trinajstić information content (AvgIpc) is 3.24. The molecule has 2 aliphatic rings. The van der Waals surface area contributed by atoms with Crippen molar-refractivity contribution in [2.45, 2.75) is 12.5 Å². The first kappa shape index (κ1) is 18.4. The standard InChI is InChI=1S/C21H22F2N4O/c1-26(2)15-7-8-27(12-15)20-6-4-14(10-18(20)23)24-11-17-16-5-3-13(22)9-19(16)25-21(17)28/h3-6,9-11,15,24H,7-8,12H2,1-2H3,(H,25,28). The van der Waals surface area contributed by atoms with Crippen molar-refractivity contribution in [2.75, 3.05) is 42.7 Å². The van der Waals surface area contributed by atoms with Gasteiger partial charge in [0.1, 0.15) is 11.6 Å². The molecule has 1 amide bonds. The van der Waals surface area contributed by atoms with E-state index in [1.54, 1.807) is 18.2 Å². The predicted molar refractivity (Wildman–Crippen MR) is 107 cm³/mol. The van der Waals surface area contributed by atoms with Crippen molar-refractivity contribution < 1.29 is 13.6 Å². The van der Waals surface area contributed by atoms with E-state index in [-0.39, 0.29) is 11.7 Å². The molecule has 2 aliphatic heterocycles. The molecule has 2 aromatic carbocycles. The third-order valence-corrected chi connectivity index (χ3v) is 5.33. The summed E-state index contributed by atoms with van der Waals surface area (Å²) in [5, 5.41) is 5.60. The van der Waals surface area contributed by atoms with Gasteiger partial charge in [-0.3, -0.25) is 4.79 Å². The van der Waals surface area contributed by atoms with E-state index in [1.807, 2.05) is 14.1 Å². The Kier molecular flexibility index (Phi) is 4.77. The van der Waals surface area contributed by atoms with Crippen LogP contribution >= 0.6 is 0 Å². The Morgan fingerprint density at radius 3 is 2.75 bits per heavy atom. The lowest BCUT2D eigenvalue weighted by molar-refractivity contribution is -0.110. The highest BCUT2D eigenvalue weighted by Gasteiger charge is 2.26. The number of fused-ring (bicyclic) bond motifs is 1. The highest BCUT2D eigenvalue weighted by Crippen LogP contribution is 2.32.